The largest absolute Gasteiger partial charge is 0.385 e. The Morgan fingerprint density at radius 2 is 2.18 bits per heavy atom. The van der Waals surface area contributed by atoms with Gasteiger partial charge in [-0.15, -0.1) is 0 Å². The molecule has 0 spiro atoms. The van der Waals surface area contributed by atoms with Crippen LogP contribution in [0.5, 0.6) is 0 Å². The maximum Gasteiger partial charge on any atom is 0.0465 e. The first-order valence-corrected chi connectivity index (χ1v) is 6.45. The zero-order chi connectivity index (χ0) is 12.7. The highest BCUT2D eigenvalue weighted by Gasteiger charge is 2.18. The Balaban J connectivity index is 2.77. The zero-order valence-corrected chi connectivity index (χ0v) is 11.6. The van der Waals surface area contributed by atoms with Crippen LogP contribution in [-0.4, -0.2) is 27.3 Å². The summed E-state index contributed by atoms with van der Waals surface area (Å²) in [4.78, 5) is 0. The second kappa shape index (κ2) is 7.70. The van der Waals surface area contributed by atoms with Crippen molar-refractivity contribution in [1.82, 2.24) is 5.32 Å². The lowest BCUT2D eigenvalue weighted by atomic mass is 9.85. The molecule has 2 atom stereocenters. The average molecular weight is 256 g/mol. The zero-order valence-electron chi connectivity index (χ0n) is 10.9. The number of likely N-dealkylation sites (N-methyl/N-ethyl adjacent to an activating group) is 1. The van der Waals surface area contributed by atoms with Gasteiger partial charge in [0, 0.05) is 25.3 Å². The van der Waals surface area contributed by atoms with E-state index in [1.54, 1.807) is 7.11 Å². The lowest BCUT2D eigenvalue weighted by Gasteiger charge is -2.24. The Morgan fingerprint density at radius 3 is 2.76 bits per heavy atom. The standard InChI is InChI=1S/C14H22ClNO/c1-11(7-8-17-3)14(10-16-2)12-5-4-6-13(15)9-12/h4-6,9,11,14,16H,7-8,10H2,1-3H3. The van der Waals surface area contributed by atoms with Crippen LogP contribution in [0.4, 0.5) is 0 Å². The molecule has 1 aromatic carbocycles. The number of halogens is 1. The van der Waals surface area contributed by atoms with Crippen molar-refractivity contribution in [2.45, 2.75) is 19.3 Å². The van der Waals surface area contributed by atoms with Gasteiger partial charge in [0.25, 0.3) is 0 Å². The Hall–Kier alpha value is -0.570. The van der Waals surface area contributed by atoms with Gasteiger partial charge < -0.3 is 10.1 Å². The van der Waals surface area contributed by atoms with Crippen LogP contribution in [-0.2, 0) is 4.74 Å². The van der Waals surface area contributed by atoms with Crippen molar-refractivity contribution >= 4 is 11.6 Å². The first-order valence-electron chi connectivity index (χ1n) is 6.08. The molecular formula is C14H22ClNO. The van der Waals surface area contributed by atoms with Gasteiger partial charge in [0.05, 0.1) is 0 Å². The molecule has 0 saturated heterocycles. The lowest BCUT2D eigenvalue weighted by Crippen LogP contribution is -2.23. The molecular weight excluding hydrogens is 234 g/mol. The fourth-order valence-corrected chi connectivity index (χ4v) is 2.31. The van der Waals surface area contributed by atoms with E-state index in [0.717, 1.165) is 24.6 Å². The van der Waals surface area contributed by atoms with E-state index in [1.165, 1.54) is 5.56 Å². The van der Waals surface area contributed by atoms with Crippen molar-refractivity contribution in [2.24, 2.45) is 5.92 Å². The molecule has 0 aliphatic heterocycles. The third kappa shape index (κ3) is 4.66. The van der Waals surface area contributed by atoms with Crippen molar-refractivity contribution < 1.29 is 4.74 Å². The van der Waals surface area contributed by atoms with Crippen LogP contribution in [0.2, 0.25) is 5.02 Å². The fraction of sp³-hybridized carbons (Fsp3) is 0.571. The molecule has 0 aromatic heterocycles. The second-order valence-electron chi connectivity index (χ2n) is 4.48. The Kier molecular flexibility index (Phi) is 6.56. The van der Waals surface area contributed by atoms with E-state index >= 15 is 0 Å². The van der Waals surface area contributed by atoms with Gasteiger partial charge in [-0.3, -0.25) is 0 Å². The van der Waals surface area contributed by atoms with E-state index in [9.17, 15) is 0 Å². The number of hydrogen-bond acceptors (Lipinski definition) is 2. The summed E-state index contributed by atoms with van der Waals surface area (Å²) >= 11 is 6.05. The predicted octanol–water partition coefficient (Wildman–Crippen LogP) is 3.32. The first-order chi connectivity index (χ1) is 8.19. The van der Waals surface area contributed by atoms with Crippen LogP contribution < -0.4 is 5.32 Å². The monoisotopic (exact) mass is 255 g/mol. The van der Waals surface area contributed by atoms with Crippen molar-refractivity contribution in [3.05, 3.63) is 34.9 Å². The van der Waals surface area contributed by atoms with Gasteiger partial charge in [-0.2, -0.15) is 0 Å². The molecule has 1 aromatic rings. The van der Waals surface area contributed by atoms with Crippen LogP contribution in [0, 0.1) is 5.92 Å². The summed E-state index contributed by atoms with van der Waals surface area (Å²) in [6, 6.07) is 8.15. The molecule has 0 amide bonds. The summed E-state index contributed by atoms with van der Waals surface area (Å²) < 4.78 is 5.15. The number of hydrogen-bond donors (Lipinski definition) is 1. The highest BCUT2D eigenvalue weighted by atomic mass is 35.5. The molecule has 17 heavy (non-hydrogen) atoms. The van der Waals surface area contributed by atoms with E-state index in [-0.39, 0.29) is 0 Å². The maximum atomic E-state index is 6.05. The summed E-state index contributed by atoms with van der Waals surface area (Å²) in [6.45, 7) is 4.04. The Labute approximate surface area is 109 Å². The minimum atomic E-state index is 0.480. The minimum Gasteiger partial charge on any atom is -0.385 e. The quantitative estimate of drug-likeness (QED) is 0.807. The Morgan fingerprint density at radius 1 is 1.41 bits per heavy atom. The molecule has 96 valence electrons. The molecule has 0 radical (unpaired) electrons. The molecule has 2 unspecified atom stereocenters. The predicted molar refractivity (Wildman–Crippen MR) is 73.8 cm³/mol. The summed E-state index contributed by atoms with van der Waals surface area (Å²) in [7, 11) is 3.74. The number of ether oxygens (including phenoxy) is 1. The smallest absolute Gasteiger partial charge is 0.0465 e. The van der Waals surface area contributed by atoms with Gasteiger partial charge in [0.15, 0.2) is 0 Å². The molecule has 1 N–H and O–H groups in total. The van der Waals surface area contributed by atoms with Crippen molar-refractivity contribution in [1.29, 1.82) is 0 Å². The van der Waals surface area contributed by atoms with Gasteiger partial charge in [-0.1, -0.05) is 30.7 Å². The Bertz CT molecular complexity index is 330. The number of methoxy groups -OCH3 is 1. The summed E-state index contributed by atoms with van der Waals surface area (Å²) in [6.07, 6.45) is 1.06. The van der Waals surface area contributed by atoms with E-state index in [4.69, 9.17) is 16.3 Å². The third-order valence-electron chi connectivity index (χ3n) is 3.17. The lowest BCUT2D eigenvalue weighted by molar-refractivity contribution is 0.174. The van der Waals surface area contributed by atoms with Gasteiger partial charge in [0.2, 0.25) is 0 Å². The topological polar surface area (TPSA) is 21.3 Å². The molecule has 0 aliphatic rings. The molecule has 0 heterocycles. The summed E-state index contributed by atoms with van der Waals surface area (Å²) in [5.41, 5.74) is 1.30. The summed E-state index contributed by atoms with van der Waals surface area (Å²) in [5, 5.41) is 4.07. The van der Waals surface area contributed by atoms with Crippen LogP contribution in [0.15, 0.2) is 24.3 Å². The number of nitrogens with one attached hydrogen (secondary N) is 1. The van der Waals surface area contributed by atoms with E-state index in [2.05, 4.69) is 24.4 Å². The van der Waals surface area contributed by atoms with E-state index in [1.807, 2.05) is 19.2 Å². The van der Waals surface area contributed by atoms with Crippen molar-refractivity contribution in [3.8, 4) is 0 Å². The average Bonchev–Trinajstić information content (AvgIpc) is 2.33. The molecule has 1 rings (SSSR count). The minimum absolute atomic E-state index is 0.480. The van der Waals surface area contributed by atoms with Crippen LogP contribution >= 0.6 is 11.6 Å². The van der Waals surface area contributed by atoms with E-state index in [0.29, 0.717) is 11.8 Å². The molecule has 0 bridgehead atoms. The summed E-state index contributed by atoms with van der Waals surface area (Å²) in [5.74, 6) is 1.05. The van der Waals surface area contributed by atoms with Crippen molar-refractivity contribution in [3.63, 3.8) is 0 Å². The normalized spacial score (nSPS) is 14.6. The van der Waals surface area contributed by atoms with E-state index < -0.39 is 0 Å². The SMILES string of the molecule is CNCC(c1cccc(Cl)c1)C(C)CCOC. The van der Waals surface area contributed by atoms with Gasteiger partial charge in [-0.25, -0.2) is 0 Å². The van der Waals surface area contributed by atoms with Gasteiger partial charge in [-0.05, 0) is 43.0 Å². The number of benzene rings is 1. The third-order valence-corrected chi connectivity index (χ3v) is 3.40. The highest BCUT2D eigenvalue weighted by molar-refractivity contribution is 6.30. The highest BCUT2D eigenvalue weighted by Crippen LogP contribution is 2.28. The fourth-order valence-electron chi connectivity index (χ4n) is 2.11. The van der Waals surface area contributed by atoms with Gasteiger partial charge >= 0.3 is 0 Å². The first kappa shape index (κ1) is 14.5. The maximum absolute atomic E-state index is 6.05. The molecule has 0 fully saturated rings. The van der Waals surface area contributed by atoms with Gasteiger partial charge in [0.1, 0.15) is 0 Å². The van der Waals surface area contributed by atoms with Crippen LogP contribution in [0.25, 0.3) is 0 Å². The molecule has 3 heteroatoms. The molecule has 0 aliphatic carbocycles. The second-order valence-corrected chi connectivity index (χ2v) is 4.91. The molecule has 0 saturated carbocycles. The molecule has 2 nitrogen and oxygen atoms in total. The van der Waals surface area contributed by atoms with Crippen LogP contribution in [0.1, 0.15) is 24.8 Å². The van der Waals surface area contributed by atoms with Crippen molar-refractivity contribution in [2.75, 3.05) is 27.3 Å². The number of rotatable bonds is 7. The van der Waals surface area contributed by atoms with Crippen LogP contribution in [0.3, 0.4) is 0 Å².